The van der Waals surface area contributed by atoms with E-state index in [1.807, 2.05) is 0 Å². The minimum atomic E-state index is -1.86. The predicted octanol–water partition coefficient (Wildman–Crippen LogP) is 7.25. The molecule has 4 atom stereocenters. The van der Waals surface area contributed by atoms with Gasteiger partial charge < -0.3 is 9.88 Å². The Labute approximate surface area is 170 Å². The fourth-order valence-electron chi connectivity index (χ4n) is 6.16. The van der Waals surface area contributed by atoms with Crippen molar-refractivity contribution in [2.24, 2.45) is 17.8 Å². The van der Waals surface area contributed by atoms with Crippen LogP contribution in [0.1, 0.15) is 19.8 Å². The summed E-state index contributed by atoms with van der Waals surface area (Å²) in [6.07, 6.45) is 12.2. The van der Waals surface area contributed by atoms with Gasteiger partial charge in [0.05, 0.1) is 22.7 Å². The van der Waals surface area contributed by atoms with Crippen LogP contribution in [0.15, 0.2) is 72.8 Å². The van der Waals surface area contributed by atoms with Crippen LogP contribution in [-0.4, -0.2) is 8.24 Å². The maximum atomic E-state index is 3.67. The molecule has 1 N–H and O–H groups in total. The molecule has 0 aromatic heterocycles. The summed E-state index contributed by atoms with van der Waals surface area (Å²) in [7, 11) is -1.86. The van der Waals surface area contributed by atoms with E-state index in [2.05, 4.69) is 103 Å². The van der Waals surface area contributed by atoms with Crippen molar-refractivity contribution in [2.45, 2.75) is 38.4 Å². The Balaban J connectivity index is 1.65. The first kappa shape index (κ1) is 17.8. The van der Waals surface area contributed by atoms with Crippen molar-refractivity contribution in [3.63, 3.8) is 0 Å². The Morgan fingerprint density at radius 2 is 1.54 bits per heavy atom. The number of fused-ring (bicyclic) bond motifs is 3. The molecule has 0 spiro atoms. The second-order valence-electron chi connectivity index (χ2n) is 9.09. The maximum absolute atomic E-state index is 3.67. The Kier molecular flexibility index (Phi) is 4.24. The first-order valence-electron chi connectivity index (χ1n) is 10.7. The highest BCUT2D eigenvalue weighted by Gasteiger charge is 2.53. The normalized spacial score (nSPS) is 27.8. The topological polar surface area (TPSA) is 15.3 Å². The largest absolute Gasteiger partial charge is 0.366 e. The van der Waals surface area contributed by atoms with Gasteiger partial charge in [0.15, 0.2) is 8.24 Å². The summed E-state index contributed by atoms with van der Waals surface area (Å²) in [5, 5.41) is 3.67. The van der Waals surface area contributed by atoms with E-state index in [4.69, 9.17) is 0 Å². The van der Waals surface area contributed by atoms with Crippen LogP contribution in [0.2, 0.25) is 18.6 Å². The number of allylic oxidation sites excluding steroid dienone is 4. The van der Waals surface area contributed by atoms with Crippen molar-refractivity contribution in [3.8, 4) is 0 Å². The molecule has 28 heavy (non-hydrogen) atoms. The molecule has 2 nitrogen and oxygen atoms in total. The molecule has 0 radical (unpaired) electrons. The first-order chi connectivity index (χ1) is 13.6. The summed E-state index contributed by atoms with van der Waals surface area (Å²) in [6.45, 7) is 7.61. The lowest BCUT2D eigenvalue weighted by Gasteiger charge is -2.49. The van der Waals surface area contributed by atoms with Crippen molar-refractivity contribution < 1.29 is 0 Å². The predicted molar refractivity (Wildman–Crippen MR) is 123 cm³/mol. The lowest BCUT2D eigenvalue weighted by Crippen LogP contribution is -2.53. The molecule has 1 aliphatic heterocycles. The number of hydrogen-bond donors (Lipinski definition) is 1. The summed E-state index contributed by atoms with van der Waals surface area (Å²) in [6, 6.07) is 17.7. The van der Waals surface area contributed by atoms with Gasteiger partial charge in [-0.1, -0.05) is 75.0 Å². The van der Waals surface area contributed by atoms with E-state index < -0.39 is 8.24 Å². The van der Waals surface area contributed by atoms with Gasteiger partial charge in [-0.05, 0) is 54.0 Å². The lowest BCUT2D eigenvalue weighted by molar-refractivity contribution is 0.499. The average Bonchev–Trinajstić information content (AvgIpc) is 3.11. The van der Waals surface area contributed by atoms with Crippen LogP contribution in [0, 0.1) is 17.8 Å². The molecule has 144 valence electrons. The summed E-state index contributed by atoms with van der Waals surface area (Å²) < 4.78 is 2.76. The smallest absolute Gasteiger partial charge is 0.160 e. The molecule has 1 fully saturated rings. The van der Waals surface area contributed by atoms with Crippen molar-refractivity contribution in [1.29, 1.82) is 0 Å². The van der Waals surface area contributed by atoms with E-state index in [0.29, 0.717) is 5.92 Å². The molecular weight excluding hydrogens is 356 g/mol. The third kappa shape index (κ3) is 2.60. The van der Waals surface area contributed by atoms with Gasteiger partial charge in [-0.15, -0.1) is 0 Å². The van der Waals surface area contributed by atoms with Crippen molar-refractivity contribution in [3.05, 3.63) is 72.8 Å². The van der Waals surface area contributed by atoms with Gasteiger partial charge in [0, 0.05) is 0 Å². The average molecular weight is 387 g/mol. The summed E-state index contributed by atoms with van der Waals surface area (Å²) in [5.41, 5.74) is 5.94. The number of benzene rings is 2. The molecule has 1 saturated carbocycles. The summed E-state index contributed by atoms with van der Waals surface area (Å²) in [4.78, 5) is 0. The maximum Gasteiger partial charge on any atom is 0.160 e. The molecule has 2 aromatic rings. The molecule has 0 saturated heterocycles. The van der Waals surface area contributed by atoms with Gasteiger partial charge in [-0.2, -0.15) is 0 Å². The van der Waals surface area contributed by atoms with Crippen LogP contribution in [0.4, 0.5) is 22.7 Å². The van der Waals surface area contributed by atoms with Gasteiger partial charge in [-0.25, -0.2) is 0 Å². The van der Waals surface area contributed by atoms with Gasteiger partial charge in [0.2, 0.25) is 0 Å². The molecule has 4 unspecified atom stereocenters. The Bertz CT molecular complexity index is 900. The molecule has 3 aliphatic rings. The first-order valence-corrected chi connectivity index (χ1v) is 13.7. The van der Waals surface area contributed by atoms with E-state index in [1.54, 1.807) is 0 Å². The third-order valence-electron chi connectivity index (χ3n) is 7.27. The second-order valence-corrected chi connectivity index (χ2v) is 13.5. The second kappa shape index (κ2) is 6.66. The number of nitrogens with one attached hydrogen (secondary N) is 1. The van der Waals surface area contributed by atoms with Crippen molar-refractivity contribution in [1.82, 2.24) is 0 Å². The highest BCUT2D eigenvalue weighted by molar-refractivity contribution is 6.84. The summed E-state index contributed by atoms with van der Waals surface area (Å²) in [5.74, 6) is 2.21. The van der Waals surface area contributed by atoms with Gasteiger partial charge in [0.25, 0.3) is 0 Å². The standard InChI is InChI=1S/C25H30N2Si/c1-4-18-17-19-11-5-6-12-20(19)25(18)28(2,3)27-23-15-9-7-13-21(23)26-22-14-8-10-16-24(22)27/h5-16,18-20,25-26H,4,17H2,1-3H3. The Hall–Kier alpha value is -2.26. The number of para-hydroxylation sites is 4. The van der Waals surface area contributed by atoms with E-state index >= 15 is 0 Å². The third-order valence-corrected chi connectivity index (χ3v) is 11.4. The van der Waals surface area contributed by atoms with Crippen LogP contribution in [-0.2, 0) is 0 Å². The molecule has 2 aromatic carbocycles. The fraction of sp³-hybridized carbons (Fsp3) is 0.360. The molecular formula is C25H30N2Si. The molecule has 0 amide bonds. The zero-order valence-electron chi connectivity index (χ0n) is 17.1. The van der Waals surface area contributed by atoms with Crippen LogP contribution >= 0.6 is 0 Å². The van der Waals surface area contributed by atoms with Crippen LogP contribution in [0.3, 0.4) is 0 Å². The molecule has 5 rings (SSSR count). The molecule has 0 bridgehead atoms. The summed E-state index contributed by atoms with van der Waals surface area (Å²) >= 11 is 0. The number of hydrogen-bond acceptors (Lipinski definition) is 2. The SMILES string of the molecule is CCC1CC2C=CC=CC2C1[Si](C)(C)N1c2ccccc2Nc2ccccc21. The van der Waals surface area contributed by atoms with Crippen LogP contribution in [0.5, 0.6) is 0 Å². The van der Waals surface area contributed by atoms with Gasteiger partial charge >= 0.3 is 0 Å². The lowest BCUT2D eigenvalue weighted by atomic mass is 9.92. The van der Waals surface area contributed by atoms with Gasteiger partial charge in [0.1, 0.15) is 0 Å². The molecule has 1 heterocycles. The van der Waals surface area contributed by atoms with E-state index in [-0.39, 0.29) is 0 Å². The fourth-order valence-corrected chi connectivity index (χ4v) is 10.9. The van der Waals surface area contributed by atoms with Crippen molar-refractivity contribution in [2.75, 3.05) is 9.88 Å². The van der Waals surface area contributed by atoms with E-state index in [1.165, 1.54) is 35.6 Å². The zero-order valence-corrected chi connectivity index (χ0v) is 18.1. The number of anilines is 4. The van der Waals surface area contributed by atoms with E-state index in [0.717, 1.165) is 17.4 Å². The Morgan fingerprint density at radius 3 is 2.18 bits per heavy atom. The quantitative estimate of drug-likeness (QED) is 0.559. The van der Waals surface area contributed by atoms with Crippen LogP contribution in [0.25, 0.3) is 0 Å². The monoisotopic (exact) mass is 386 g/mol. The Morgan fingerprint density at radius 1 is 0.929 bits per heavy atom. The van der Waals surface area contributed by atoms with Crippen molar-refractivity contribution >= 4 is 31.0 Å². The van der Waals surface area contributed by atoms with Crippen LogP contribution < -0.4 is 9.88 Å². The van der Waals surface area contributed by atoms with Gasteiger partial charge in [-0.3, -0.25) is 0 Å². The molecule has 2 aliphatic carbocycles. The molecule has 3 heteroatoms. The highest BCUT2D eigenvalue weighted by atomic mass is 28.3. The van der Waals surface area contributed by atoms with E-state index in [9.17, 15) is 0 Å². The number of nitrogens with zero attached hydrogens (tertiary/aromatic N) is 1. The zero-order chi connectivity index (χ0) is 19.3. The highest BCUT2D eigenvalue weighted by Crippen LogP contribution is 2.58. The minimum absolute atomic E-state index is 0.686. The minimum Gasteiger partial charge on any atom is -0.366 e. The number of rotatable bonds is 3.